The maximum Gasteiger partial charge on any atom is 0.313 e. The molecule has 29 heavy (non-hydrogen) atoms. The maximum atomic E-state index is 13.6. The first-order chi connectivity index (χ1) is 13.8. The SMILES string of the molecule is Cc1cccc(-n2c(SCC(=O)O)nc3sc4c(c3c2=O)C[C@@H](C(C)C)OC4)c1. The number of thiophene rings is 1. The number of aromatic nitrogens is 2. The molecule has 152 valence electrons. The molecule has 6 nitrogen and oxygen atoms in total. The molecule has 2 aromatic heterocycles. The monoisotopic (exact) mass is 430 g/mol. The second-order valence-corrected chi connectivity index (χ2v) is 9.56. The van der Waals surface area contributed by atoms with Crippen LogP contribution in [0.15, 0.2) is 34.2 Å². The lowest BCUT2D eigenvalue weighted by molar-refractivity contribution is -0.133. The average Bonchev–Trinajstić information content (AvgIpc) is 3.04. The van der Waals surface area contributed by atoms with Gasteiger partial charge in [-0.2, -0.15) is 0 Å². The van der Waals surface area contributed by atoms with E-state index in [-0.39, 0.29) is 17.4 Å². The van der Waals surface area contributed by atoms with E-state index in [1.807, 2.05) is 31.2 Å². The minimum absolute atomic E-state index is 0.0770. The zero-order valence-electron chi connectivity index (χ0n) is 16.5. The number of carboxylic acid groups (broad SMARTS) is 1. The molecular formula is C21H22N2O4S2. The van der Waals surface area contributed by atoms with Crippen LogP contribution in [0.25, 0.3) is 15.9 Å². The number of ether oxygens (including phenoxy) is 1. The Morgan fingerprint density at radius 3 is 2.93 bits per heavy atom. The highest BCUT2D eigenvalue weighted by Crippen LogP contribution is 2.36. The first-order valence-corrected chi connectivity index (χ1v) is 11.3. The molecule has 4 rings (SSSR count). The van der Waals surface area contributed by atoms with Crippen molar-refractivity contribution in [3.05, 3.63) is 50.6 Å². The summed E-state index contributed by atoms with van der Waals surface area (Å²) in [5.74, 6) is -0.748. The van der Waals surface area contributed by atoms with Crippen LogP contribution in [-0.2, 0) is 22.6 Å². The van der Waals surface area contributed by atoms with Gasteiger partial charge in [0.05, 0.1) is 29.5 Å². The Morgan fingerprint density at radius 2 is 2.24 bits per heavy atom. The van der Waals surface area contributed by atoms with Gasteiger partial charge in [-0.05, 0) is 36.1 Å². The summed E-state index contributed by atoms with van der Waals surface area (Å²) in [5, 5.41) is 10.2. The molecule has 0 spiro atoms. The Morgan fingerprint density at radius 1 is 1.45 bits per heavy atom. The van der Waals surface area contributed by atoms with Crippen LogP contribution in [0, 0.1) is 12.8 Å². The van der Waals surface area contributed by atoms with Crippen LogP contribution in [0.2, 0.25) is 0 Å². The Kier molecular flexibility index (Phi) is 5.50. The quantitative estimate of drug-likeness (QED) is 0.486. The molecule has 0 fully saturated rings. The highest BCUT2D eigenvalue weighted by Gasteiger charge is 2.28. The van der Waals surface area contributed by atoms with E-state index in [4.69, 9.17) is 14.8 Å². The second-order valence-electron chi connectivity index (χ2n) is 7.54. The maximum absolute atomic E-state index is 13.6. The van der Waals surface area contributed by atoms with E-state index in [1.165, 1.54) is 11.3 Å². The number of hydrogen-bond donors (Lipinski definition) is 1. The van der Waals surface area contributed by atoms with Crippen molar-refractivity contribution in [3.63, 3.8) is 0 Å². The van der Waals surface area contributed by atoms with Crippen molar-refractivity contribution in [1.29, 1.82) is 0 Å². The zero-order chi connectivity index (χ0) is 20.7. The second kappa shape index (κ2) is 7.93. The molecular weight excluding hydrogens is 408 g/mol. The molecule has 1 N–H and O–H groups in total. The molecule has 0 bridgehead atoms. The van der Waals surface area contributed by atoms with Crippen molar-refractivity contribution >= 4 is 39.3 Å². The van der Waals surface area contributed by atoms with Gasteiger partial charge in [0.25, 0.3) is 5.56 Å². The third-order valence-electron chi connectivity index (χ3n) is 5.04. The van der Waals surface area contributed by atoms with Crippen LogP contribution in [0.1, 0.15) is 29.9 Å². The van der Waals surface area contributed by atoms with Gasteiger partial charge >= 0.3 is 5.97 Å². The van der Waals surface area contributed by atoms with Gasteiger partial charge < -0.3 is 9.84 Å². The van der Waals surface area contributed by atoms with Gasteiger partial charge in [0.15, 0.2) is 5.16 Å². The highest BCUT2D eigenvalue weighted by atomic mass is 32.2. The fourth-order valence-corrected chi connectivity index (χ4v) is 5.45. The van der Waals surface area contributed by atoms with E-state index < -0.39 is 5.97 Å². The van der Waals surface area contributed by atoms with Gasteiger partial charge in [-0.15, -0.1) is 11.3 Å². The third-order valence-corrected chi connectivity index (χ3v) is 7.06. The van der Waals surface area contributed by atoms with Crippen LogP contribution in [0.5, 0.6) is 0 Å². The van der Waals surface area contributed by atoms with Crippen molar-refractivity contribution in [2.24, 2.45) is 5.92 Å². The molecule has 1 aliphatic rings. The van der Waals surface area contributed by atoms with Crippen molar-refractivity contribution in [1.82, 2.24) is 9.55 Å². The number of carboxylic acids is 1. The summed E-state index contributed by atoms with van der Waals surface area (Å²) in [7, 11) is 0. The molecule has 0 unspecified atom stereocenters. The minimum Gasteiger partial charge on any atom is -0.481 e. The van der Waals surface area contributed by atoms with E-state index in [9.17, 15) is 9.59 Å². The average molecular weight is 431 g/mol. The lowest BCUT2D eigenvalue weighted by Gasteiger charge is -2.26. The molecule has 0 saturated carbocycles. The molecule has 0 radical (unpaired) electrons. The smallest absolute Gasteiger partial charge is 0.313 e. The van der Waals surface area contributed by atoms with Crippen molar-refractivity contribution in [2.45, 2.75) is 45.1 Å². The molecule has 3 heterocycles. The van der Waals surface area contributed by atoms with Crippen LogP contribution in [0.4, 0.5) is 0 Å². The Balaban J connectivity index is 1.94. The van der Waals surface area contributed by atoms with E-state index >= 15 is 0 Å². The number of aryl methyl sites for hydroxylation is 1. The van der Waals surface area contributed by atoms with E-state index in [1.54, 1.807) is 4.57 Å². The van der Waals surface area contributed by atoms with Crippen molar-refractivity contribution in [2.75, 3.05) is 5.75 Å². The molecule has 1 aromatic carbocycles. The molecule has 3 aromatic rings. The molecule has 1 atom stereocenters. The van der Waals surface area contributed by atoms with Gasteiger partial charge in [0.2, 0.25) is 0 Å². The van der Waals surface area contributed by atoms with E-state index in [0.29, 0.717) is 40.0 Å². The Hall–Kier alpha value is -2.16. The highest BCUT2D eigenvalue weighted by molar-refractivity contribution is 7.99. The van der Waals surface area contributed by atoms with Crippen molar-refractivity contribution in [3.8, 4) is 5.69 Å². The summed E-state index contributed by atoms with van der Waals surface area (Å²) in [6.45, 7) is 6.69. The number of benzene rings is 1. The fraction of sp³-hybridized carbons (Fsp3) is 0.381. The predicted octanol–water partition coefficient (Wildman–Crippen LogP) is 4.03. The van der Waals surface area contributed by atoms with Crippen LogP contribution in [0.3, 0.4) is 0 Å². The summed E-state index contributed by atoms with van der Waals surface area (Å²) in [6, 6.07) is 7.62. The first kappa shape index (κ1) is 20.1. The molecule has 8 heteroatoms. The summed E-state index contributed by atoms with van der Waals surface area (Å²) in [6.07, 6.45) is 0.771. The summed E-state index contributed by atoms with van der Waals surface area (Å²) >= 11 is 2.54. The number of hydrogen-bond acceptors (Lipinski definition) is 6. The van der Waals surface area contributed by atoms with Gasteiger partial charge in [0.1, 0.15) is 4.83 Å². The zero-order valence-corrected chi connectivity index (χ0v) is 18.1. The molecule has 0 saturated heterocycles. The third kappa shape index (κ3) is 3.84. The number of fused-ring (bicyclic) bond motifs is 3. The summed E-state index contributed by atoms with van der Waals surface area (Å²) < 4.78 is 7.52. The Labute approximate surface area is 176 Å². The normalized spacial score (nSPS) is 16.3. The summed E-state index contributed by atoms with van der Waals surface area (Å²) in [5.41, 5.74) is 2.60. The van der Waals surface area contributed by atoms with Crippen molar-refractivity contribution < 1.29 is 14.6 Å². The number of rotatable bonds is 5. The van der Waals surface area contributed by atoms with E-state index in [0.717, 1.165) is 27.8 Å². The van der Waals surface area contributed by atoms with Gasteiger partial charge in [0, 0.05) is 11.3 Å². The number of nitrogens with zero attached hydrogens (tertiary/aromatic N) is 2. The Bertz CT molecular complexity index is 1150. The van der Waals surface area contributed by atoms with Crippen LogP contribution >= 0.6 is 23.1 Å². The fourth-order valence-electron chi connectivity index (χ4n) is 3.55. The van der Waals surface area contributed by atoms with Crippen LogP contribution < -0.4 is 5.56 Å². The standard InChI is InChI=1S/C21H22N2O4S2/c1-11(2)15-8-14-16(9-27-15)29-19-18(14)20(26)23(13-6-4-5-12(3)7-13)21(22-19)28-10-17(24)25/h4-7,11,15H,8-10H2,1-3H3,(H,24,25)/t15-/m0/s1. The minimum atomic E-state index is -0.946. The molecule has 1 aliphatic heterocycles. The van der Waals surface area contributed by atoms with Gasteiger partial charge in [-0.3, -0.25) is 14.2 Å². The lowest BCUT2D eigenvalue weighted by Crippen LogP contribution is -2.28. The van der Waals surface area contributed by atoms with E-state index in [2.05, 4.69) is 13.8 Å². The number of aliphatic carboxylic acids is 1. The molecule has 0 amide bonds. The topological polar surface area (TPSA) is 81.4 Å². The number of carbonyl (C=O) groups is 1. The van der Waals surface area contributed by atoms with Gasteiger partial charge in [-0.1, -0.05) is 37.7 Å². The largest absolute Gasteiger partial charge is 0.481 e. The molecule has 0 aliphatic carbocycles. The first-order valence-electron chi connectivity index (χ1n) is 9.45. The lowest BCUT2D eigenvalue weighted by atomic mass is 9.96. The number of thioether (sulfide) groups is 1. The van der Waals surface area contributed by atoms with Crippen LogP contribution in [-0.4, -0.2) is 32.5 Å². The summed E-state index contributed by atoms with van der Waals surface area (Å²) in [4.78, 5) is 31.2. The van der Waals surface area contributed by atoms with Gasteiger partial charge in [-0.25, -0.2) is 4.98 Å². The predicted molar refractivity (Wildman–Crippen MR) is 115 cm³/mol.